The summed E-state index contributed by atoms with van der Waals surface area (Å²) in [6, 6.07) is 17.0. The molecule has 6 heteroatoms. The fourth-order valence-electron chi connectivity index (χ4n) is 2.76. The van der Waals surface area contributed by atoms with Crippen LogP contribution in [0.1, 0.15) is 15.9 Å². The predicted molar refractivity (Wildman–Crippen MR) is 93.2 cm³/mol. The number of nitrogens with one attached hydrogen (secondary N) is 1. The molecule has 0 atom stereocenters. The summed E-state index contributed by atoms with van der Waals surface area (Å²) < 4.78 is 12.9. The number of hydrogen-bond donors (Lipinski definition) is 1. The van der Waals surface area contributed by atoms with Crippen LogP contribution in [0.15, 0.2) is 60.8 Å². The average Bonchev–Trinajstić information content (AvgIpc) is 3.08. The van der Waals surface area contributed by atoms with E-state index in [1.165, 1.54) is 0 Å². The first-order valence-corrected chi connectivity index (χ1v) is 8.07. The van der Waals surface area contributed by atoms with Crippen molar-refractivity contribution in [2.24, 2.45) is 0 Å². The second kappa shape index (κ2) is 6.68. The number of nitrogens with zero attached hydrogens (tertiary/aromatic N) is 2. The first-order chi connectivity index (χ1) is 12.3. The maximum Gasteiger partial charge on any atom is 0.260 e. The third kappa shape index (κ3) is 3.19. The van der Waals surface area contributed by atoms with Gasteiger partial charge in [0.1, 0.15) is 19.0 Å². The number of aromatic nitrogens is 2. The molecular weight excluding hydrogens is 318 g/mol. The van der Waals surface area contributed by atoms with Crippen LogP contribution in [0.2, 0.25) is 0 Å². The summed E-state index contributed by atoms with van der Waals surface area (Å²) in [6.07, 6.45) is 1.67. The molecule has 1 N–H and O–H groups in total. The highest BCUT2D eigenvalue weighted by Gasteiger charge is 2.21. The number of amides is 1. The van der Waals surface area contributed by atoms with E-state index in [1.807, 2.05) is 30.3 Å². The quantitative estimate of drug-likeness (QED) is 0.796. The lowest BCUT2D eigenvalue weighted by atomic mass is 10.1. The Kier molecular flexibility index (Phi) is 4.08. The topological polar surface area (TPSA) is 65.4 Å². The van der Waals surface area contributed by atoms with Crippen LogP contribution >= 0.6 is 0 Å². The van der Waals surface area contributed by atoms with Crippen molar-refractivity contribution in [3.05, 3.63) is 71.9 Å². The number of para-hydroxylation sites is 1. The number of carbonyl (C=O) groups is 1. The van der Waals surface area contributed by atoms with Crippen molar-refractivity contribution < 1.29 is 14.3 Å². The van der Waals surface area contributed by atoms with Crippen LogP contribution < -0.4 is 14.8 Å². The molecule has 0 fully saturated rings. The van der Waals surface area contributed by atoms with E-state index < -0.39 is 0 Å². The summed E-state index contributed by atoms with van der Waals surface area (Å²) in [6.45, 7) is 1.50. The minimum atomic E-state index is -0.253. The van der Waals surface area contributed by atoms with Crippen molar-refractivity contribution in [1.82, 2.24) is 9.78 Å². The Morgan fingerprint density at radius 3 is 2.76 bits per heavy atom. The van der Waals surface area contributed by atoms with Gasteiger partial charge < -0.3 is 14.8 Å². The van der Waals surface area contributed by atoms with Crippen LogP contribution in [0, 0.1) is 0 Å². The molecule has 0 unspecified atom stereocenters. The molecule has 2 heterocycles. The number of anilines is 1. The van der Waals surface area contributed by atoms with E-state index in [-0.39, 0.29) is 5.91 Å². The van der Waals surface area contributed by atoms with Gasteiger partial charge in [-0.2, -0.15) is 5.10 Å². The largest absolute Gasteiger partial charge is 0.486 e. The normalized spacial score (nSPS) is 12.6. The van der Waals surface area contributed by atoms with Gasteiger partial charge in [-0.1, -0.05) is 36.4 Å². The van der Waals surface area contributed by atoms with Crippen LogP contribution in [-0.2, 0) is 6.54 Å². The summed E-state index contributed by atoms with van der Waals surface area (Å²) in [4.78, 5) is 12.7. The summed E-state index contributed by atoms with van der Waals surface area (Å²) >= 11 is 0. The molecule has 1 aliphatic heterocycles. The number of rotatable bonds is 4. The van der Waals surface area contributed by atoms with Gasteiger partial charge in [0.05, 0.1) is 18.3 Å². The van der Waals surface area contributed by atoms with Crippen molar-refractivity contribution in [1.29, 1.82) is 0 Å². The Bertz CT molecular complexity index is 890. The highest BCUT2D eigenvalue weighted by molar-refractivity contribution is 6.06. The standard InChI is InChI=1S/C19H17N3O3/c23-19(15-7-4-8-16-18(15)25-12-11-24-16)21-17-9-10-20-22(17)13-14-5-2-1-3-6-14/h1-10H,11-13H2,(H,21,23). The SMILES string of the molecule is O=C(Nc1ccnn1Cc1ccccc1)c1cccc2c1OCCO2. The van der Waals surface area contributed by atoms with Crippen molar-refractivity contribution in [2.45, 2.75) is 6.54 Å². The monoisotopic (exact) mass is 335 g/mol. The van der Waals surface area contributed by atoms with Gasteiger partial charge in [0.15, 0.2) is 11.5 Å². The summed E-state index contributed by atoms with van der Waals surface area (Å²) in [5, 5.41) is 7.19. The molecule has 25 heavy (non-hydrogen) atoms. The zero-order valence-corrected chi connectivity index (χ0v) is 13.5. The highest BCUT2D eigenvalue weighted by Crippen LogP contribution is 2.33. The third-order valence-electron chi connectivity index (χ3n) is 3.94. The average molecular weight is 335 g/mol. The molecule has 1 aromatic heterocycles. The predicted octanol–water partition coefficient (Wildman–Crippen LogP) is 2.95. The molecule has 0 spiro atoms. The second-order valence-corrected chi connectivity index (χ2v) is 5.64. The second-order valence-electron chi connectivity index (χ2n) is 5.64. The van der Waals surface area contributed by atoms with E-state index in [1.54, 1.807) is 35.1 Å². The van der Waals surface area contributed by atoms with Gasteiger partial charge in [0, 0.05) is 6.07 Å². The van der Waals surface area contributed by atoms with E-state index in [2.05, 4.69) is 10.4 Å². The lowest BCUT2D eigenvalue weighted by Gasteiger charge is -2.20. The maximum absolute atomic E-state index is 12.7. The molecule has 1 amide bonds. The first kappa shape index (κ1) is 15.3. The summed E-state index contributed by atoms with van der Waals surface area (Å²) in [5.41, 5.74) is 1.56. The van der Waals surface area contributed by atoms with Crippen LogP contribution in [0.5, 0.6) is 11.5 Å². The van der Waals surface area contributed by atoms with Crippen molar-refractivity contribution >= 4 is 11.7 Å². The van der Waals surface area contributed by atoms with E-state index in [9.17, 15) is 4.79 Å². The Hall–Kier alpha value is -3.28. The lowest BCUT2D eigenvalue weighted by Crippen LogP contribution is -2.21. The number of ether oxygens (including phenoxy) is 2. The summed E-state index contributed by atoms with van der Waals surface area (Å²) in [5.74, 6) is 1.46. The number of fused-ring (bicyclic) bond motifs is 1. The molecule has 0 bridgehead atoms. The van der Waals surface area contributed by atoms with Crippen molar-refractivity contribution in [3.8, 4) is 11.5 Å². The fraction of sp³-hybridized carbons (Fsp3) is 0.158. The fourth-order valence-corrected chi connectivity index (χ4v) is 2.76. The third-order valence-corrected chi connectivity index (χ3v) is 3.94. The Balaban J connectivity index is 1.56. The van der Waals surface area contributed by atoms with Crippen LogP contribution in [0.3, 0.4) is 0 Å². The molecule has 0 saturated carbocycles. The van der Waals surface area contributed by atoms with Crippen molar-refractivity contribution in [2.75, 3.05) is 18.5 Å². The van der Waals surface area contributed by atoms with E-state index >= 15 is 0 Å². The van der Waals surface area contributed by atoms with E-state index in [0.717, 1.165) is 5.56 Å². The molecular formula is C19H17N3O3. The lowest BCUT2D eigenvalue weighted by molar-refractivity contribution is 0.101. The van der Waals surface area contributed by atoms with E-state index in [4.69, 9.17) is 9.47 Å². The molecule has 6 nitrogen and oxygen atoms in total. The van der Waals surface area contributed by atoms with Gasteiger partial charge in [-0.05, 0) is 17.7 Å². The van der Waals surface area contributed by atoms with E-state index in [0.29, 0.717) is 42.6 Å². The van der Waals surface area contributed by atoms with Crippen LogP contribution in [0.25, 0.3) is 0 Å². The molecule has 1 aliphatic rings. The van der Waals surface area contributed by atoms with Crippen LogP contribution in [-0.4, -0.2) is 28.9 Å². The molecule has 2 aromatic carbocycles. The minimum absolute atomic E-state index is 0.253. The van der Waals surface area contributed by atoms with Gasteiger partial charge >= 0.3 is 0 Å². The number of hydrogen-bond acceptors (Lipinski definition) is 4. The Labute approximate surface area is 145 Å². The van der Waals surface area contributed by atoms with Crippen molar-refractivity contribution in [3.63, 3.8) is 0 Å². The Morgan fingerprint density at radius 1 is 1.04 bits per heavy atom. The van der Waals surface area contributed by atoms with Crippen LogP contribution in [0.4, 0.5) is 5.82 Å². The van der Waals surface area contributed by atoms with Gasteiger partial charge in [-0.25, -0.2) is 4.68 Å². The molecule has 0 radical (unpaired) electrons. The zero-order chi connectivity index (χ0) is 17.1. The molecule has 3 aromatic rings. The summed E-state index contributed by atoms with van der Waals surface area (Å²) in [7, 11) is 0. The smallest absolute Gasteiger partial charge is 0.260 e. The zero-order valence-electron chi connectivity index (χ0n) is 13.5. The first-order valence-electron chi connectivity index (χ1n) is 8.07. The van der Waals surface area contributed by atoms with Gasteiger partial charge in [-0.15, -0.1) is 0 Å². The highest BCUT2D eigenvalue weighted by atomic mass is 16.6. The molecule has 0 aliphatic carbocycles. The van der Waals surface area contributed by atoms with Gasteiger partial charge in [0.2, 0.25) is 0 Å². The molecule has 4 rings (SSSR count). The number of carbonyl (C=O) groups excluding carboxylic acids is 1. The molecule has 126 valence electrons. The Morgan fingerprint density at radius 2 is 1.88 bits per heavy atom. The van der Waals surface area contributed by atoms with Gasteiger partial charge in [0.25, 0.3) is 5.91 Å². The minimum Gasteiger partial charge on any atom is -0.486 e. The maximum atomic E-state index is 12.7. The number of benzene rings is 2. The molecule has 0 saturated heterocycles. The van der Waals surface area contributed by atoms with Gasteiger partial charge in [-0.3, -0.25) is 4.79 Å².